The van der Waals surface area contributed by atoms with Gasteiger partial charge in [0.05, 0.1) is 5.92 Å². The molecule has 2 fully saturated rings. The van der Waals surface area contributed by atoms with Crippen LogP contribution in [0.4, 0.5) is 4.79 Å². The van der Waals surface area contributed by atoms with Gasteiger partial charge in [-0.2, -0.15) is 0 Å². The Morgan fingerprint density at radius 1 is 1.17 bits per heavy atom. The first-order chi connectivity index (χ1) is 8.66. The number of rotatable bonds is 3. The SMILES string of the molecule is NC(=O)N1CCCC(C(=O)NCC2CCCC2)C1. The van der Waals surface area contributed by atoms with Crippen LogP contribution in [-0.2, 0) is 4.79 Å². The van der Waals surface area contributed by atoms with E-state index in [0.717, 1.165) is 19.4 Å². The first-order valence-electron chi connectivity index (χ1n) is 6.99. The Hall–Kier alpha value is -1.26. The molecular weight excluding hydrogens is 230 g/mol. The van der Waals surface area contributed by atoms with Crippen molar-refractivity contribution in [1.82, 2.24) is 10.2 Å². The summed E-state index contributed by atoms with van der Waals surface area (Å²) in [6.45, 7) is 1.96. The number of nitrogens with two attached hydrogens (primary N) is 1. The highest BCUT2D eigenvalue weighted by Gasteiger charge is 2.27. The fourth-order valence-corrected chi connectivity index (χ4v) is 3.00. The smallest absolute Gasteiger partial charge is 0.314 e. The fraction of sp³-hybridized carbons (Fsp3) is 0.846. The summed E-state index contributed by atoms with van der Waals surface area (Å²) in [5.41, 5.74) is 5.26. The lowest BCUT2D eigenvalue weighted by Crippen LogP contribution is -2.47. The van der Waals surface area contributed by atoms with Crippen LogP contribution in [0, 0.1) is 11.8 Å². The Labute approximate surface area is 108 Å². The minimum atomic E-state index is -0.414. The summed E-state index contributed by atoms with van der Waals surface area (Å²) in [6, 6.07) is -0.414. The van der Waals surface area contributed by atoms with Crippen molar-refractivity contribution in [3.63, 3.8) is 0 Å². The van der Waals surface area contributed by atoms with Gasteiger partial charge >= 0.3 is 6.03 Å². The second-order valence-electron chi connectivity index (χ2n) is 5.52. The number of likely N-dealkylation sites (tertiary alicyclic amines) is 1. The molecule has 1 aliphatic carbocycles. The second kappa shape index (κ2) is 6.07. The molecule has 1 saturated heterocycles. The zero-order valence-corrected chi connectivity index (χ0v) is 10.9. The topological polar surface area (TPSA) is 75.4 Å². The van der Waals surface area contributed by atoms with Crippen molar-refractivity contribution >= 4 is 11.9 Å². The van der Waals surface area contributed by atoms with Crippen LogP contribution < -0.4 is 11.1 Å². The highest BCUT2D eigenvalue weighted by atomic mass is 16.2. The lowest BCUT2D eigenvalue weighted by atomic mass is 9.97. The fourth-order valence-electron chi connectivity index (χ4n) is 3.00. The summed E-state index contributed by atoms with van der Waals surface area (Å²) < 4.78 is 0. The van der Waals surface area contributed by atoms with E-state index in [9.17, 15) is 9.59 Å². The molecule has 0 bridgehead atoms. The van der Waals surface area contributed by atoms with E-state index in [4.69, 9.17) is 5.73 Å². The Morgan fingerprint density at radius 2 is 1.89 bits per heavy atom. The molecule has 3 N–H and O–H groups in total. The molecule has 1 unspecified atom stereocenters. The van der Waals surface area contributed by atoms with Crippen LogP contribution in [0.3, 0.4) is 0 Å². The predicted octanol–water partition coefficient (Wildman–Crippen LogP) is 1.08. The maximum atomic E-state index is 12.0. The van der Waals surface area contributed by atoms with Gasteiger partial charge in [0.25, 0.3) is 0 Å². The number of piperidine rings is 1. The number of carbonyl (C=O) groups excluding carboxylic acids is 2. The summed E-state index contributed by atoms with van der Waals surface area (Å²) in [5.74, 6) is 0.672. The van der Waals surface area contributed by atoms with Gasteiger partial charge in [0, 0.05) is 19.6 Å². The number of amides is 3. The van der Waals surface area contributed by atoms with E-state index < -0.39 is 6.03 Å². The Kier molecular flexibility index (Phi) is 4.44. The van der Waals surface area contributed by atoms with Crippen molar-refractivity contribution in [3.05, 3.63) is 0 Å². The molecule has 5 heteroatoms. The Balaban J connectivity index is 1.75. The number of hydrogen-bond donors (Lipinski definition) is 2. The lowest BCUT2D eigenvalue weighted by Gasteiger charge is -2.30. The molecule has 0 radical (unpaired) electrons. The quantitative estimate of drug-likeness (QED) is 0.789. The number of nitrogens with zero attached hydrogens (tertiary/aromatic N) is 1. The molecule has 1 aliphatic heterocycles. The number of urea groups is 1. The molecule has 1 atom stereocenters. The van der Waals surface area contributed by atoms with Crippen LogP contribution >= 0.6 is 0 Å². The van der Waals surface area contributed by atoms with Gasteiger partial charge in [-0.3, -0.25) is 4.79 Å². The van der Waals surface area contributed by atoms with E-state index >= 15 is 0 Å². The Bertz CT molecular complexity index is 313. The van der Waals surface area contributed by atoms with Gasteiger partial charge in [0.2, 0.25) is 5.91 Å². The van der Waals surface area contributed by atoms with Gasteiger partial charge in [-0.1, -0.05) is 12.8 Å². The van der Waals surface area contributed by atoms with E-state index in [1.165, 1.54) is 25.7 Å². The number of nitrogens with one attached hydrogen (secondary N) is 1. The monoisotopic (exact) mass is 253 g/mol. The van der Waals surface area contributed by atoms with E-state index in [2.05, 4.69) is 5.32 Å². The Morgan fingerprint density at radius 3 is 2.56 bits per heavy atom. The van der Waals surface area contributed by atoms with Crippen LogP contribution in [0.1, 0.15) is 38.5 Å². The number of carbonyl (C=O) groups is 2. The maximum Gasteiger partial charge on any atom is 0.314 e. The van der Waals surface area contributed by atoms with Crippen LogP contribution in [0.25, 0.3) is 0 Å². The standard InChI is InChI=1S/C13H23N3O2/c14-13(18)16-7-3-6-11(9-16)12(17)15-8-10-4-1-2-5-10/h10-11H,1-9H2,(H2,14,18)(H,15,17). The first-order valence-corrected chi connectivity index (χ1v) is 6.99. The molecule has 1 heterocycles. The molecule has 1 saturated carbocycles. The summed E-state index contributed by atoms with van der Waals surface area (Å²) in [6.07, 6.45) is 6.78. The van der Waals surface area contributed by atoms with Crippen LogP contribution in [0.2, 0.25) is 0 Å². The van der Waals surface area contributed by atoms with E-state index in [1.807, 2.05) is 0 Å². The van der Waals surface area contributed by atoms with Crippen molar-refractivity contribution in [3.8, 4) is 0 Å². The largest absolute Gasteiger partial charge is 0.356 e. The normalized spacial score (nSPS) is 25.1. The first kappa shape index (κ1) is 13.2. The highest BCUT2D eigenvalue weighted by molar-refractivity contribution is 5.80. The van der Waals surface area contributed by atoms with Crippen LogP contribution in [-0.4, -0.2) is 36.5 Å². The van der Waals surface area contributed by atoms with Crippen molar-refractivity contribution < 1.29 is 9.59 Å². The molecule has 0 aromatic carbocycles. The average Bonchev–Trinajstić information content (AvgIpc) is 2.89. The highest BCUT2D eigenvalue weighted by Crippen LogP contribution is 2.24. The van der Waals surface area contributed by atoms with Crippen molar-refractivity contribution in [1.29, 1.82) is 0 Å². The van der Waals surface area contributed by atoms with Gasteiger partial charge in [0.15, 0.2) is 0 Å². The number of hydrogen-bond acceptors (Lipinski definition) is 2. The molecule has 102 valence electrons. The minimum absolute atomic E-state index is 0.0762. The van der Waals surface area contributed by atoms with E-state index in [-0.39, 0.29) is 11.8 Å². The predicted molar refractivity (Wildman–Crippen MR) is 68.8 cm³/mol. The van der Waals surface area contributed by atoms with Gasteiger partial charge in [-0.05, 0) is 31.6 Å². The maximum absolute atomic E-state index is 12.0. The van der Waals surface area contributed by atoms with Crippen molar-refractivity contribution in [2.24, 2.45) is 17.6 Å². The molecule has 0 aromatic heterocycles. The van der Waals surface area contributed by atoms with Crippen molar-refractivity contribution in [2.75, 3.05) is 19.6 Å². The van der Waals surface area contributed by atoms with Crippen molar-refractivity contribution in [2.45, 2.75) is 38.5 Å². The molecule has 0 spiro atoms. The molecule has 2 rings (SSSR count). The molecule has 3 amide bonds. The molecular formula is C13H23N3O2. The minimum Gasteiger partial charge on any atom is -0.356 e. The van der Waals surface area contributed by atoms with E-state index in [0.29, 0.717) is 19.0 Å². The third-order valence-electron chi connectivity index (χ3n) is 4.14. The molecule has 2 aliphatic rings. The van der Waals surface area contributed by atoms with Gasteiger partial charge in [0.1, 0.15) is 0 Å². The van der Waals surface area contributed by atoms with Gasteiger partial charge in [-0.15, -0.1) is 0 Å². The van der Waals surface area contributed by atoms with Gasteiger partial charge < -0.3 is 16.0 Å². The average molecular weight is 253 g/mol. The second-order valence-corrected chi connectivity index (χ2v) is 5.52. The van der Waals surface area contributed by atoms with Gasteiger partial charge in [-0.25, -0.2) is 4.79 Å². The zero-order chi connectivity index (χ0) is 13.0. The summed E-state index contributed by atoms with van der Waals surface area (Å²) >= 11 is 0. The molecule has 5 nitrogen and oxygen atoms in total. The molecule has 0 aromatic rings. The zero-order valence-electron chi connectivity index (χ0n) is 10.9. The summed E-state index contributed by atoms with van der Waals surface area (Å²) in [4.78, 5) is 24.7. The summed E-state index contributed by atoms with van der Waals surface area (Å²) in [7, 11) is 0. The van der Waals surface area contributed by atoms with E-state index in [1.54, 1.807) is 4.90 Å². The summed E-state index contributed by atoms with van der Waals surface area (Å²) in [5, 5.41) is 3.04. The van der Waals surface area contributed by atoms with Crippen LogP contribution in [0.5, 0.6) is 0 Å². The van der Waals surface area contributed by atoms with Crippen LogP contribution in [0.15, 0.2) is 0 Å². The lowest BCUT2D eigenvalue weighted by molar-refractivity contribution is -0.126. The third-order valence-corrected chi connectivity index (χ3v) is 4.14. The third kappa shape index (κ3) is 3.37. The number of primary amides is 1. The molecule has 18 heavy (non-hydrogen) atoms.